The van der Waals surface area contributed by atoms with Crippen LogP contribution in [0.15, 0.2) is 53.5 Å². The summed E-state index contributed by atoms with van der Waals surface area (Å²) in [7, 11) is 0. The van der Waals surface area contributed by atoms with Gasteiger partial charge in [0.05, 0.1) is 5.56 Å². The molecule has 3 aromatic rings. The minimum Gasteiger partial charge on any atom is -0.488 e. The summed E-state index contributed by atoms with van der Waals surface area (Å²) in [5.74, 6) is 0.736. The van der Waals surface area contributed by atoms with Crippen molar-refractivity contribution in [1.29, 1.82) is 5.26 Å². The molecule has 3 nitrogen and oxygen atoms in total. The topological polar surface area (TPSA) is 45.4 Å². The van der Waals surface area contributed by atoms with Gasteiger partial charge < -0.3 is 4.74 Å². The highest BCUT2D eigenvalue weighted by Crippen LogP contribution is 2.34. The second kappa shape index (κ2) is 8.18. The number of benzene rings is 2. The van der Waals surface area contributed by atoms with Crippen LogP contribution in [0.3, 0.4) is 0 Å². The molecule has 26 heavy (non-hydrogen) atoms. The summed E-state index contributed by atoms with van der Waals surface area (Å²) < 4.78 is 5.94. The average molecular weight is 381 g/mol. The van der Waals surface area contributed by atoms with Gasteiger partial charge in [-0.3, -0.25) is 0 Å². The monoisotopic (exact) mass is 380 g/mol. The van der Waals surface area contributed by atoms with E-state index in [0.717, 1.165) is 32.3 Å². The maximum atomic E-state index is 9.34. The van der Waals surface area contributed by atoms with Gasteiger partial charge in [0.15, 0.2) is 0 Å². The molecule has 0 unspecified atom stereocenters. The van der Waals surface area contributed by atoms with E-state index in [1.807, 2.05) is 62.4 Å². The van der Waals surface area contributed by atoms with Gasteiger partial charge in [-0.25, -0.2) is 4.99 Å². The Bertz CT molecular complexity index is 1000. The minimum absolute atomic E-state index is 0.423. The third kappa shape index (κ3) is 4.13. The van der Waals surface area contributed by atoms with Crippen molar-refractivity contribution in [3.63, 3.8) is 0 Å². The van der Waals surface area contributed by atoms with Crippen molar-refractivity contribution in [2.24, 2.45) is 4.99 Å². The molecule has 130 valence electrons. The second-order valence-corrected chi connectivity index (χ2v) is 7.43. The highest BCUT2D eigenvalue weighted by atomic mass is 35.5. The summed E-state index contributed by atoms with van der Waals surface area (Å²) in [6.45, 7) is 4.37. The Morgan fingerprint density at radius 3 is 2.77 bits per heavy atom. The molecule has 0 radical (unpaired) electrons. The van der Waals surface area contributed by atoms with Gasteiger partial charge in [-0.05, 0) is 49.2 Å². The van der Waals surface area contributed by atoms with E-state index in [1.165, 1.54) is 11.3 Å². The molecule has 5 heteroatoms. The van der Waals surface area contributed by atoms with E-state index in [4.69, 9.17) is 16.3 Å². The first-order valence-electron chi connectivity index (χ1n) is 8.09. The Hall–Kier alpha value is -2.61. The van der Waals surface area contributed by atoms with E-state index in [9.17, 15) is 5.26 Å². The van der Waals surface area contributed by atoms with Crippen LogP contribution in [0.2, 0.25) is 5.02 Å². The third-order valence-electron chi connectivity index (χ3n) is 4.00. The smallest absolute Gasteiger partial charge is 0.134 e. The Morgan fingerprint density at radius 1 is 1.19 bits per heavy atom. The highest BCUT2D eigenvalue weighted by molar-refractivity contribution is 7.16. The zero-order valence-electron chi connectivity index (χ0n) is 14.5. The van der Waals surface area contributed by atoms with Gasteiger partial charge in [0.2, 0.25) is 0 Å². The van der Waals surface area contributed by atoms with Gasteiger partial charge >= 0.3 is 0 Å². The van der Waals surface area contributed by atoms with Crippen LogP contribution in [0.1, 0.15) is 27.1 Å². The number of para-hydroxylation sites is 1. The predicted molar refractivity (Wildman–Crippen MR) is 108 cm³/mol. The summed E-state index contributed by atoms with van der Waals surface area (Å²) >= 11 is 7.54. The molecule has 0 spiro atoms. The molecule has 0 amide bonds. The molecule has 2 aromatic carbocycles. The Morgan fingerprint density at radius 2 is 2.00 bits per heavy atom. The fourth-order valence-electron chi connectivity index (χ4n) is 2.47. The van der Waals surface area contributed by atoms with E-state index in [1.54, 1.807) is 6.21 Å². The molecular formula is C21H17ClN2OS. The molecule has 0 aliphatic rings. The van der Waals surface area contributed by atoms with Crippen LogP contribution >= 0.6 is 22.9 Å². The van der Waals surface area contributed by atoms with Gasteiger partial charge in [-0.2, -0.15) is 5.26 Å². The first-order valence-corrected chi connectivity index (χ1v) is 9.28. The van der Waals surface area contributed by atoms with Crippen molar-refractivity contribution >= 4 is 34.2 Å². The highest BCUT2D eigenvalue weighted by Gasteiger charge is 2.11. The van der Waals surface area contributed by atoms with E-state index < -0.39 is 0 Å². The van der Waals surface area contributed by atoms with E-state index in [0.29, 0.717) is 17.2 Å². The van der Waals surface area contributed by atoms with Crippen LogP contribution in [0.5, 0.6) is 5.75 Å². The standard InChI is InChI=1S/C21H17ClN2OS/c1-14-15(2)26-21(19(14)11-23)24-12-17-7-3-4-9-20(17)25-13-16-6-5-8-18(22)10-16/h3-10,12H,13H2,1-2H3. The Balaban J connectivity index is 1.81. The van der Waals surface area contributed by atoms with Crippen LogP contribution in [-0.4, -0.2) is 6.21 Å². The van der Waals surface area contributed by atoms with E-state index in [-0.39, 0.29) is 0 Å². The van der Waals surface area contributed by atoms with Gasteiger partial charge in [0.1, 0.15) is 23.4 Å². The maximum absolute atomic E-state index is 9.34. The largest absolute Gasteiger partial charge is 0.488 e. The molecule has 1 aromatic heterocycles. The summed E-state index contributed by atoms with van der Waals surface area (Å²) in [4.78, 5) is 5.64. The molecule has 0 atom stereocenters. The van der Waals surface area contributed by atoms with Gasteiger partial charge in [0, 0.05) is 21.7 Å². The van der Waals surface area contributed by atoms with Crippen LogP contribution in [0.25, 0.3) is 0 Å². The number of rotatable bonds is 5. The number of hydrogen-bond acceptors (Lipinski definition) is 4. The molecule has 0 aliphatic carbocycles. The number of aliphatic imine (C=N–C) groups is 1. The first-order chi connectivity index (χ1) is 12.6. The normalized spacial score (nSPS) is 10.8. The van der Waals surface area contributed by atoms with Crippen molar-refractivity contribution in [2.45, 2.75) is 20.5 Å². The molecule has 0 aliphatic heterocycles. The SMILES string of the molecule is Cc1sc(N=Cc2ccccc2OCc2cccc(Cl)c2)c(C#N)c1C. The number of thiophene rings is 1. The summed E-state index contributed by atoms with van der Waals surface area (Å²) in [6.07, 6.45) is 1.75. The first kappa shape index (κ1) is 18.2. The lowest BCUT2D eigenvalue weighted by molar-refractivity contribution is 0.306. The number of nitrogens with zero attached hydrogens (tertiary/aromatic N) is 2. The van der Waals surface area contributed by atoms with Crippen LogP contribution in [0.4, 0.5) is 5.00 Å². The van der Waals surface area contributed by atoms with E-state index >= 15 is 0 Å². The molecular weight excluding hydrogens is 364 g/mol. The molecule has 3 rings (SSSR count). The number of nitriles is 1. The maximum Gasteiger partial charge on any atom is 0.134 e. The van der Waals surface area contributed by atoms with Crippen molar-refractivity contribution in [3.8, 4) is 11.8 Å². The lowest BCUT2D eigenvalue weighted by Crippen LogP contribution is -1.98. The molecule has 0 saturated carbocycles. The third-order valence-corrected chi connectivity index (χ3v) is 5.35. The van der Waals surface area contributed by atoms with Gasteiger partial charge in [0.25, 0.3) is 0 Å². The molecule has 0 saturated heterocycles. The van der Waals surface area contributed by atoms with Crippen LogP contribution in [0, 0.1) is 25.2 Å². The molecule has 0 fully saturated rings. The minimum atomic E-state index is 0.423. The molecule has 0 N–H and O–H groups in total. The van der Waals surface area contributed by atoms with Crippen molar-refractivity contribution in [3.05, 3.63) is 80.7 Å². The summed E-state index contributed by atoms with van der Waals surface area (Å²) in [5.41, 5.74) is 3.50. The quantitative estimate of drug-likeness (QED) is 0.493. The lowest BCUT2D eigenvalue weighted by Gasteiger charge is -2.09. The molecule has 1 heterocycles. The van der Waals surface area contributed by atoms with Gasteiger partial charge in [-0.1, -0.05) is 35.9 Å². The zero-order valence-corrected chi connectivity index (χ0v) is 16.1. The fourth-order valence-corrected chi connectivity index (χ4v) is 3.63. The summed E-state index contributed by atoms with van der Waals surface area (Å²) in [5, 5.41) is 10.8. The van der Waals surface area contributed by atoms with Crippen molar-refractivity contribution < 1.29 is 4.74 Å². The fraction of sp³-hybridized carbons (Fsp3) is 0.143. The van der Waals surface area contributed by atoms with Crippen LogP contribution in [-0.2, 0) is 6.61 Å². The number of hydrogen-bond donors (Lipinski definition) is 0. The van der Waals surface area contributed by atoms with Crippen molar-refractivity contribution in [1.82, 2.24) is 0 Å². The second-order valence-electron chi connectivity index (χ2n) is 5.79. The number of aryl methyl sites for hydroxylation is 1. The lowest BCUT2D eigenvalue weighted by atomic mass is 10.2. The van der Waals surface area contributed by atoms with Crippen molar-refractivity contribution in [2.75, 3.05) is 0 Å². The Labute approximate surface area is 162 Å². The predicted octanol–water partition coefficient (Wildman–Crippen LogP) is 6.22. The van der Waals surface area contributed by atoms with Crippen LogP contribution < -0.4 is 4.74 Å². The number of ether oxygens (including phenoxy) is 1. The van der Waals surface area contributed by atoms with Gasteiger partial charge in [-0.15, -0.1) is 11.3 Å². The zero-order chi connectivity index (χ0) is 18.5. The van der Waals surface area contributed by atoms with E-state index in [2.05, 4.69) is 11.1 Å². The molecule has 0 bridgehead atoms. The summed E-state index contributed by atoms with van der Waals surface area (Å²) in [6, 6.07) is 17.5. The number of halogens is 1. The Kier molecular flexibility index (Phi) is 5.72. The average Bonchev–Trinajstić information content (AvgIpc) is 2.92.